The average molecular weight is 226 g/mol. The molecule has 0 aliphatic heterocycles. The lowest BCUT2D eigenvalue weighted by molar-refractivity contribution is -0.159. The maximum absolute atomic E-state index is 9.10. The fourth-order valence-corrected chi connectivity index (χ4v) is 2.61. The van der Waals surface area contributed by atoms with E-state index in [2.05, 4.69) is 20.8 Å². The molecular formula is C12H18O4. The van der Waals surface area contributed by atoms with E-state index in [4.69, 9.17) is 19.8 Å². The highest BCUT2D eigenvalue weighted by Crippen LogP contribution is 2.58. The molecule has 3 rings (SSSR count). The summed E-state index contributed by atoms with van der Waals surface area (Å²) in [5, 5.41) is 14.8. The van der Waals surface area contributed by atoms with Crippen molar-refractivity contribution in [1.82, 2.24) is 0 Å². The second-order valence-electron chi connectivity index (χ2n) is 5.03. The minimum absolute atomic E-state index is 0.586. The summed E-state index contributed by atoms with van der Waals surface area (Å²) >= 11 is 0. The largest absolute Gasteiger partial charge is 0.473 e. The molecule has 0 aromatic rings. The Morgan fingerprint density at radius 2 is 1.75 bits per heavy atom. The Morgan fingerprint density at radius 1 is 1.25 bits per heavy atom. The summed E-state index contributed by atoms with van der Waals surface area (Å²) in [4.78, 5) is 18.2. The van der Waals surface area contributed by atoms with E-state index in [1.807, 2.05) is 0 Å². The number of fused-ring (bicyclic) bond motifs is 2. The van der Waals surface area contributed by atoms with Crippen LogP contribution in [0.4, 0.5) is 0 Å². The topological polar surface area (TPSA) is 74.6 Å². The van der Waals surface area contributed by atoms with Crippen LogP contribution in [0.3, 0.4) is 0 Å². The van der Waals surface area contributed by atoms with Crippen LogP contribution in [0.5, 0.6) is 0 Å². The first-order valence-corrected chi connectivity index (χ1v) is 5.42. The number of aliphatic carboxylic acids is 2. The summed E-state index contributed by atoms with van der Waals surface area (Å²) in [5.74, 6) is -2.63. The fourth-order valence-electron chi connectivity index (χ4n) is 2.61. The van der Waals surface area contributed by atoms with Crippen LogP contribution in [-0.2, 0) is 9.59 Å². The van der Waals surface area contributed by atoms with Crippen LogP contribution in [0.15, 0.2) is 11.1 Å². The Morgan fingerprint density at radius 3 is 1.94 bits per heavy atom. The van der Waals surface area contributed by atoms with Gasteiger partial charge in [-0.1, -0.05) is 25.0 Å². The SMILES string of the molecule is CC1=C2CC(CC1)C2(C)C.O=C(O)C(=O)O. The molecular weight excluding hydrogens is 208 g/mol. The second-order valence-corrected chi connectivity index (χ2v) is 5.03. The van der Waals surface area contributed by atoms with Crippen molar-refractivity contribution < 1.29 is 19.8 Å². The number of carboxylic acid groups (broad SMARTS) is 2. The van der Waals surface area contributed by atoms with Crippen molar-refractivity contribution in [3.63, 3.8) is 0 Å². The van der Waals surface area contributed by atoms with E-state index in [1.54, 1.807) is 11.1 Å². The molecule has 1 unspecified atom stereocenters. The van der Waals surface area contributed by atoms with Crippen LogP contribution < -0.4 is 0 Å². The van der Waals surface area contributed by atoms with Crippen LogP contribution in [0.2, 0.25) is 0 Å². The summed E-state index contributed by atoms with van der Waals surface area (Å²) in [6.07, 6.45) is 4.24. The number of carboxylic acids is 2. The van der Waals surface area contributed by atoms with Crippen molar-refractivity contribution in [3.05, 3.63) is 11.1 Å². The van der Waals surface area contributed by atoms with E-state index in [-0.39, 0.29) is 0 Å². The van der Waals surface area contributed by atoms with Crippen molar-refractivity contribution in [2.24, 2.45) is 11.3 Å². The summed E-state index contributed by atoms with van der Waals surface area (Å²) in [7, 11) is 0. The lowest BCUT2D eigenvalue weighted by atomic mass is 9.52. The molecule has 0 saturated heterocycles. The molecule has 16 heavy (non-hydrogen) atoms. The predicted octanol–water partition coefficient (Wildman–Crippen LogP) is 2.30. The van der Waals surface area contributed by atoms with E-state index in [9.17, 15) is 0 Å². The normalized spacial score (nSPS) is 25.1. The van der Waals surface area contributed by atoms with Gasteiger partial charge in [-0.05, 0) is 37.5 Å². The van der Waals surface area contributed by atoms with Gasteiger partial charge in [-0.2, -0.15) is 0 Å². The van der Waals surface area contributed by atoms with Gasteiger partial charge < -0.3 is 10.2 Å². The zero-order chi connectivity index (χ0) is 12.5. The molecule has 0 aromatic heterocycles. The fraction of sp³-hybridized carbons (Fsp3) is 0.667. The van der Waals surface area contributed by atoms with Crippen LogP contribution in [0.1, 0.15) is 40.0 Å². The molecule has 0 spiro atoms. The quantitative estimate of drug-likeness (QED) is 0.491. The molecule has 1 fully saturated rings. The predicted molar refractivity (Wildman–Crippen MR) is 59.1 cm³/mol. The molecule has 4 heteroatoms. The number of hydrogen-bond acceptors (Lipinski definition) is 2. The van der Waals surface area contributed by atoms with Gasteiger partial charge in [-0.3, -0.25) is 0 Å². The number of hydrogen-bond donors (Lipinski definition) is 2. The van der Waals surface area contributed by atoms with Gasteiger partial charge in [0.1, 0.15) is 0 Å². The Balaban J connectivity index is 0.000000187. The van der Waals surface area contributed by atoms with Gasteiger partial charge in [0.15, 0.2) is 0 Å². The van der Waals surface area contributed by atoms with Gasteiger partial charge in [0.05, 0.1) is 0 Å². The van der Waals surface area contributed by atoms with Crippen LogP contribution >= 0.6 is 0 Å². The van der Waals surface area contributed by atoms with E-state index >= 15 is 0 Å². The third-order valence-electron chi connectivity index (χ3n) is 3.81. The minimum Gasteiger partial charge on any atom is -0.473 e. The summed E-state index contributed by atoms with van der Waals surface area (Å²) in [5.41, 5.74) is 4.04. The highest BCUT2D eigenvalue weighted by Gasteiger charge is 2.46. The standard InChI is InChI=1S/C10H16.C2H2O4/c1-7-4-5-8-6-9(7)10(8,2)3;3-1(4)2(5)6/h8H,4-6H2,1-3H3;(H,3,4)(H,5,6). The average Bonchev–Trinajstić information content (AvgIpc) is 2.17. The monoisotopic (exact) mass is 226 g/mol. The third-order valence-corrected chi connectivity index (χ3v) is 3.81. The minimum atomic E-state index is -1.82. The molecule has 0 aromatic carbocycles. The number of carbonyl (C=O) groups is 2. The van der Waals surface area contributed by atoms with Gasteiger partial charge in [0, 0.05) is 0 Å². The van der Waals surface area contributed by atoms with Crippen LogP contribution in [0.25, 0.3) is 0 Å². The van der Waals surface area contributed by atoms with Gasteiger partial charge in [0.2, 0.25) is 0 Å². The maximum Gasteiger partial charge on any atom is 0.414 e. The van der Waals surface area contributed by atoms with Gasteiger partial charge >= 0.3 is 11.9 Å². The number of rotatable bonds is 0. The Kier molecular flexibility index (Phi) is 3.41. The zero-order valence-corrected chi connectivity index (χ0v) is 9.91. The highest BCUT2D eigenvalue weighted by atomic mass is 16.4. The molecule has 1 saturated carbocycles. The lowest BCUT2D eigenvalue weighted by Gasteiger charge is -2.52. The Hall–Kier alpha value is -1.32. The third kappa shape index (κ3) is 2.26. The smallest absolute Gasteiger partial charge is 0.414 e. The van der Waals surface area contributed by atoms with Crippen LogP contribution in [0, 0.1) is 11.3 Å². The summed E-state index contributed by atoms with van der Waals surface area (Å²) in [6, 6.07) is 0. The lowest BCUT2D eigenvalue weighted by Crippen LogP contribution is -2.41. The van der Waals surface area contributed by atoms with Crippen molar-refractivity contribution in [3.8, 4) is 0 Å². The molecule has 0 heterocycles. The second kappa shape index (κ2) is 4.28. The molecule has 3 aliphatic rings. The molecule has 0 radical (unpaired) electrons. The molecule has 3 aliphatic carbocycles. The first-order chi connectivity index (χ1) is 7.26. The first-order valence-electron chi connectivity index (χ1n) is 5.42. The Labute approximate surface area is 95.0 Å². The molecule has 4 nitrogen and oxygen atoms in total. The van der Waals surface area contributed by atoms with Gasteiger partial charge in [-0.15, -0.1) is 0 Å². The molecule has 90 valence electrons. The van der Waals surface area contributed by atoms with E-state index in [1.165, 1.54) is 19.3 Å². The van der Waals surface area contributed by atoms with Crippen molar-refractivity contribution in [2.45, 2.75) is 40.0 Å². The highest BCUT2D eigenvalue weighted by molar-refractivity contribution is 6.27. The van der Waals surface area contributed by atoms with Crippen LogP contribution in [-0.4, -0.2) is 22.2 Å². The van der Waals surface area contributed by atoms with Crippen molar-refractivity contribution in [1.29, 1.82) is 0 Å². The van der Waals surface area contributed by atoms with E-state index in [0.29, 0.717) is 5.41 Å². The first kappa shape index (κ1) is 12.7. The number of allylic oxidation sites excluding steroid dienone is 2. The van der Waals surface area contributed by atoms with Crippen molar-refractivity contribution in [2.75, 3.05) is 0 Å². The molecule has 0 amide bonds. The molecule has 1 atom stereocenters. The summed E-state index contributed by atoms with van der Waals surface area (Å²) in [6.45, 7) is 7.12. The maximum atomic E-state index is 9.10. The van der Waals surface area contributed by atoms with Crippen molar-refractivity contribution >= 4 is 11.9 Å². The molecule has 2 N–H and O–H groups in total. The zero-order valence-electron chi connectivity index (χ0n) is 9.91. The van der Waals surface area contributed by atoms with E-state index in [0.717, 1.165) is 5.92 Å². The Bertz CT molecular complexity index is 340. The van der Waals surface area contributed by atoms with E-state index < -0.39 is 11.9 Å². The van der Waals surface area contributed by atoms with Gasteiger partial charge in [0.25, 0.3) is 0 Å². The summed E-state index contributed by atoms with van der Waals surface area (Å²) < 4.78 is 0. The molecule has 2 bridgehead atoms. The van der Waals surface area contributed by atoms with Gasteiger partial charge in [-0.25, -0.2) is 9.59 Å².